The molecule has 5 heteroatoms. The van der Waals surface area contributed by atoms with Crippen molar-refractivity contribution in [3.05, 3.63) is 66.9 Å². The van der Waals surface area contributed by atoms with Crippen LogP contribution in [-0.4, -0.2) is 38.4 Å². The van der Waals surface area contributed by atoms with Gasteiger partial charge in [-0.05, 0) is 36.6 Å². The molecule has 4 rings (SSSR count). The van der Waals surface area contributed by atoms with Gasteiger partial charge in [-0.25, -0.2) is 4.98 Å². The third-order valence-corrected chi connectivity index (χ3v) is 4.81. The molecule has 0 spiro atoms. The van der Waals surface area contributed by atoms with E-state index in [2.05, 4.69) is 14.5 Å². The fraction of sp³-hybridized carbons (Fsp3) is 0.250. The molecule has 1 fully saturated rings. The molecule has 5 nitrogen and oxygen atoms in total. The Kier molecular flexibility index (Phi) is 4.29. The lowest BCUT2D eigenvalue weighted by atomic mass is 10.0. The van der Waals surface area contributed by atoms with Crippen molar-refractivity contribution < 1.29 is 4.79 Å². The van der Waals surface area contributed by atoms with Crippen molar-refractivity contribution in [3.8, 4) is 0 Å². The number of imidazole rings is 1. The van der Waals surface area contributed by atoms with E-state index in [1.807, 2.05) is 53.8 Å². The normalized spacial score (nSPS) is 15.9. The fourth-order valence-electron chi connectivity index (χ4n) is 3.40. The van der Waals surface area contributed by atoms with Gasteiger partial charge in [-0.15, -0.1) is 0 Å². The number of pyridine rings is 1. The summed E-state index contributed by atoms with van der Waals surface area (Å²) in [6, 6.07) is 10.4. The quantitative estimate of drug-likeness (QED) is 0.692. The number of aromatic nitrogens is 3. The molecular weight excluding hydrogens is 312 g/mol. The molecule has 0 N–H and O–H groups in total. The Morgan fingerprint density at radius 3 is 2.76 bits per heavy atom. The average molecular weight is 332 g/mol. The molecular formula is C20H20N4O. The minimum absolute atomic E-state index is 0.0741. The van der Waals surface area contributed by atoms with Crippen molar-refractivity contribution >= 4 is 22.9 Å². The van der Waals surface area contributed by atoms with Crippen LogP contribution in [0, 0.1) is 0 Å². The van der Waals surface area contributed by atoms with E-state index in [0.717, 1.165) is 42.4 Å². The Morgan fingerprint density at radius 1 is 1.12 bits per heavy atom. The van der Waals surface area contributed by atoms with Crippen LogP contribution in [0.25, 0.3) is 17.0 Å². The van der Waals surface area contributed by atoms with Crippen molar-refractivity contribution in [2.24, 2.45) is 0 Å². The Bertz CT molecular complexity index is 888. The summed E-state index contributed by atoms with van der Waals surface area (Å²) < 4.78 is 2.14. The number of nitrogens with zero attached hydrogens (tertiary/aromatic N) is 4. The Morgan fingerprint density at radius 2 is 1.96 bits per heavy atom. The largest absolute Gasteiger partial charge is 0.339 e. The van der Waals surface area contributed by atoms with Crippen LogP contribution < -0.4 is 0 Å². The molecule has 1 saturated heterocycles. The number of carbonyl (C=O) groups is 1. The molecule has 2 aromatic heterocycles. The molecule has 3 heterocycles. The smallest absolute Gasteiger partial charge is 0.246 e. The third-order valence-electron chi connectivity index (χ3n) is 4.81. The Balaban J connectivity index is 1.43. The highest BCUT2D eigenvalue weighted by molar-refractivity contribution is 5.95. The van der Waals surface area contributed by atoms with Gasteiger partial charge in [-0.1, -0.05) is 18.2 Å². The molecule has 0 atom stereocenters. The van der Waals surface area contributed by atoms with E-state index in [9.17, 15) is 4.79 Å². The van der Waals surface area contributed by atoms with Crippen LogP contribution in [0.3, 0.4) is 0 Å². The van der Waals surface area contributed by atoms with E-state index < -0.39 is 0 Å². The number of benzene rings is 1. The van der Waals surface area contributed by atoms with Gasteiger partial charge in [-0.3, -0.25) is 9.78 Å². The maximum Gasteiger partial charge on any atom is 0.246 e. The van der Waals surface area contributed by atoms with Crippen LogP contribution in [0.1, 0.15) is 24.4 Å². The van der Waals surface area contributed by atoms with E-state index >= 15 is 0 Å². The highest BCUT2D eigenvalue weighted by Crippen LogP contribution is 2.22. The van der Waals surface area contributed by atoms with Crippen LogP contribution in [0.5, 0.6) is 0 Å². The van der Waals surface area contributed by atoms with Gasteiger partial charge < -0.3 is 9.47 Å². The van der Waals surface area contributed by atoms with Crippen molar-refractivity contribution in [2.75, 3.05) is 13.1 Å². The number of hydrogen-bond donors (Lipinski definition) is 0. The first-order valence-corrected chi connectivity index (χ1v) is 8.59. The molecule has 0 saturated carbocycles. The molecule has 0 bridgehead atoms. The van der Waals surface area contributed by atoms with E-state index in [1.165, 1.54) is 0 Å². The SMILES string of the molecule is O=C(C=Cc1ccnc2ccccc12)N1CCC(n2ccnc2)CC1. The van der Waals surface area contributed by atoms with Gasteiger partial charge in [0.2, 0.25) is 5.91 Å². The maximum absolute atomic E-state index is 12.5. The monoisotopic (exact) mass is 332 g/mol. The van der Waals surface area contributed by atoms with Crippen LogP contribution >= 0.6 is 0 Å². The second-order valence-electron chi connectivity index (χ2n) is 6.32. The topological polar surface area (TPSA) is 51.0 Å². The van der Waals surface area contributed by atoms with E-state index in [0.29, 0.717) is 6.04 Å². The lowest BCUT2D eigenvalue weighted by molar-refractivity contribution is -0.127. The van der Waals surface area contributed by atoms with E-state index in [1.54, 1.807) is 18.5 Å². The predicted molar refractivity (Wildman–Crippen MR) is 97.9 cm³/mol. The fourth-order valence-corrected chi connectivity index (χ4v) is 3.40. The van der Waals surface area contributed by atoms with Crippen LogP contribution in [0.4, 0.5) is 0 Å². The number of likely N-dealkylation sites (tertiary alicyclic amines) is 1. The summed E-state index contributed by atoms with van der Waals surface area (Å²) in [6.07, 6.45) is 12.9. The summed E-state index contributed by atoms with van der Waals surface area (Å²) in [5.41, 5.74) is 1.96. The van der Waals surface area contributed by atoms with Crippen LogP contribution in [0.15, 0.2) is 61.3 Å². The van der Waals surface area contributed by atoms with Gasteiger partial charge in [0.05, 0.1) is 11.8 Å². The van der Waals surface area contributed by atoms with Gasteiger partial charge in [0, 0.05) is 49.2 Å². The van der Waals surface area contributed by atoms with Gasteiger partial charge in [0.15, 0.2) is 0 Å². The Labute approximate surface area is 146 Å². The van der Waals surface area contributed by atoms with Crippen LogP contribution in [0.2, 0.25) is 0 Å². The highest BCUT2D eigenvalue weighted by Gasteiger charge is 2.22. The third kappa shape index (κ3) is 3.31. The number of piperidine rings is 1. The molecule has 126 valence electrons. The van der Waals surface area contributed by atoms with Gasteiger partial charge in [-0.2, -0.15) is 0 Å². The first kappa shape index (κ1) is 15.6. The number of fused-ring (bicyclic) bond motifs is 1. The van der Waals surface area contributed by atoms with Gasteiger partial charge >= 0.3 is 0 Å². The first-order chi connectivity index (χ1) is 12.3. The zero-order chi connectivity index (χ0) is 17.1. The molecule has 25 heavy (non-hydrogen) atoms. The zero-order valence-corrected chi connectivity index (χ0v) is 14.0. The molecule has 0 radical (unpaired) electrons. The minimum atomic E-state index is 0.0741. The van der Waals surface area contributed by atoms with Crippen molar-refractivity contribution in [3.63, 3.8) is 0 Å². The number of para-hydroxylation sites is 1. The minimum Gasteiger partial charge on any atom is -0.339 e. The van der Waals surface area contributed by atoms with Gasteiger partial charge in [0.1, 0.15) is 0 Å². The molecule has 1 amide bonds. The molecule has 1 aliphatic rings. The van der Waals surface area contributed by atoms with E-state index in [4.69, 9.17) is 0 Å². The summed E-state index contributed by atoms with van der Waals surface area (Å²) in [5.74, 6) is 0.0741. The molecule has 0 aliphatic carbocycles. The summed E-state index contributed by atoms with van der Waals surface area (Å²) in [4.78, 5) is 22.9. The Hall–Kier alpha value is -2.95. The number of hydrogen-bond acceptors (Lipinski definition) is 3. The standard InChI is InChI=1S/C20H20N4O/c25-20(23-12-8-17(9-13-23)24-14-11-21-15-24)6-5-16-7-10-22-19-4-2-1-3-18(16)19/h1-7,10-11,14-15,17H,8-9,12-13H2. The first-order valence-electron chi connectivity index (χ1n) is 8.59. The lowest BCUT2D eigenvalue weighted by Crippen LogP contribution is -2.37. The summed E-state index contributed by atoms with van der Waals surface area (Å²) in [6.45, 7) is 1.56. The van der Waals surface area contributed by atoms with E-state index in [-0.39, 0.29) is 5.91 Å². The summed E-state index contributed by atoms with van der Waals surface area (Å²) in [5, 5.41) is 1.06. The summed E-state index contributed by atoms with van der Waals surface area (Å²) >= 11 is 0. The molecule has 3 aromatic rings. The van der Waals surface area contributed by atoms with Crippen LogP contribution in [-0.2, 0) is 4.79 Å². The average Bonchev–Trinajstić information content (AvgIpc) is 3.21. The predicted octanol–water partition coefficient (Wildman–Crippen LogP) is 3.31. The number of rotatable bonds is 3. The second kappa shape index (κ2) is 6.89. The van der Waals surface area contributed by atoms with Gasteiger partial charge in [0.25, 0.3) is 0 Å². The maximum atomic E-state index is 12.5. The lowest BCUT2D eigenvalue weighted by Gasteiger charge is -2.31. The molecule has 1 aliphatic heterocycles. The molecule has 0 unspecified atom stereocenters. The van der Waals surface area contributed by atoms with Crippen molar-refractivity contribution in [1.82, 2.24) is 19.4 Å². The highest BCUT2D eigenvalue weighted by atomic mass is 16.2. The summed E-state index contributed by atoms with van der Waals surface area (Å²) in [7, 11) is 0. The number of amides is 1. The second-order valence-corrected chi connectivity index (χ2v) is 6.32. The van der Waals surface area contributed by atoms with Crippen molar-refractivity contribution in [2.45, 2.75) is 18.9 Å². The number of carbonyl (C=O) groups excluding carboxylic acids is 1. The zero-order valence-electron chi connectivity index (χ0n) is 14.0. The molecule has 1 aromatic carbocycles. The van der Waals surface area contributed by atoms with Crippen molar-refractivity contribution in [1.29, 1.82) is 0 Å².